The minimum absolute atomic E-state index is 0.0308. The fourth-order valence-electron chi connectivity index (χ4n) is 2.81. The van der Waals surface area contributed by atoms with Gasteiger partial charge in [-0.2, -0.15) is 0 Å². The summed E-state index contributed by atoms with van der Waals surface area (Å²) >= 11 is 1.61. The summed E-state index contributed by atoms with van der Waals surface area (Å²) in [6.07, 6.45) is 1.30. The van der Waals surface area contributed by atoms with E-state index in [9.17, 15) is 9.59 Å². The van der Waals surface area contributed by atoms with E-state index in [-0.39, 0.29) is 11.8 Å². The van der Waals surface area contributed by atoms with Crippen LogP contribution < -0.4 is 20.1 Å². The summed E-state index contributed by atoms with van der Waals surface area (Å²) in [7, 11) is 0. The van der Waals surface area contributed by atoms with Crippen molar-refractivity contribution in [3.63, 3.8) is 0 Å². The first-order valence-electron chi connectivity index (χ1n) is 8.47. The summed E-state index contributed by atoms with van der Waals surface area (Å²) in [5, 5.41) is 5.72. The number of benzene rings is 2. The zero-order chi connectivity index (χ0) is 17.9. The Kier molecular flexibility index (Phi) is 4.71. The number of hydrogen-bond donors (Lipinski definition) is 2. The van der Waals surface area contributed by atoms with Crippen molar-refractivity contribution in [3.8, 4) is 11.5 Å². The van der Waals surface area contributed by atoms with E-state index < -0.39 is 0 Å². The van der Waals surface area contributed by atoms with Gasteiger partial charge in [-0.05, 0) is 30.3 Å². The predicted octanol–water partition coefficient (Wildman–Crippen LogP) is 3.53. The lowest BCUT2D eigenvalue weighted by atomic mass is 10.1. The maximum absolute atomic E-state index is 12.6. The van der Waals surface area contributed by atoms with Gasteiger partial charge < -0.3 is 20.1 Å². The quantitative estimate of drug-likeness (QED) is 0.846. The van der Waals surface area contributed by atoms with Gasteiger partial charge in [0.25, 0.3) is 5.91 Å². The lowest BCUT2D eigenvalue weighted by Gasteiger charge is -2.12. The van der Waals surface area contributed by atoms with Crippen LogP contribution in [0.15, 0.2) is 41.3 Å². The third-order valence-corrected chi connectivity index (χ3v) is 5.18. The number of ether oxygens (including phenoxy) is 2. The Balaban J connectivity index is 1.53. The molecule has 2 aromatic carbocycles. The molecule has 0 aliphatic carbocycles. The number of fused-ring (bicyclic) bond motifs is 2. The second-order valence-corrected chi connectivity index (χ2v) is 7.16. The zero-order valence-corrected chi connectivity index (χ0v) is 14.9. The molecule has 0 unspecified atom stereocenters. The number of rotatable bonds is 2. The number of carbonyl (C=O) groups excluding carboxylic acids is 2. The molecule has 2 amide bonds. The summed E-state index contributed by atoms with van der Waals surface area (Å²) < 4.78 is 11.2. The molecule has 2 N–H and O–H groups in total. The standard InChI is InChI=1S/C19H18N2O4S/c22-18-6-9-26-17-5-2-12(10-14(17)21-18)19(23)20-13-3-4-15-16(11-13)25-8-1-7-24-15/h2-5,10-11H,1,6-9H2,(H,20,23)(H,21,22). The van der Waals surface area contributed by atoms with E-state index in [0.717, 1.165) is 17.1 Å². The maximum Gasteiger partial charge on any atom is 0.255 e. The summed E-state index contributed by atoms with van der Waals surface area (Å²) in [4.78, 5) is 25.3. The smallest absolute Gasteiger partial charge is 0.255 e. The summed E-state index contributed by atoms with van der Waals surface area (Å²) in [5.41, 5.74) is 1.80. The van der Waals surface area contributed by atoms with Crippen LogP contribution in [0.2, 0.25) is 0 Å². The molecule has 0 spiro atoms. The highest BCUT2D eigenvalue weighted by molar-refractivity contribution is 7.99. The van der Waals surface area contributed by atoms with Gasteiger partial charge in [0.2, 0.25) is 5.91 Å². The van der Waals surface area contributed by atoms with Crippen LogP contribution in [-0.4, -0.2) is 30.8 Å². The normalized spacial score (nSPS) is 15.9. The first-order chi connectivity index (χ1) is 12.7. The van der Waals surface area contributed by atoms with Gasteiger partial charge in [0.05, 0.1) is 18.9 Å². The van der Waals surface area contributed by atoms with Crippen LogP contribution in [0.3, 0.4) is 0 Å². The number of anilines is 2. The highest BCUT2D eigenvalue weighted by Gasteiger charge is 2.17. The fraction of sp³-hybridized carbons (Fsp3) is 0.263. The van der Waals surface area contributed by atoms with Crippen molar-refractivity contribution in [2.45, 2.75) is 17.7 Å². The molecule has 0 radical (unpaired) electrons. The number of thioether (sulfide) groups is 1. The molecular formula is C19H18N2O4S. The Morgan fingerprint density at radius 3 is 2.81 bits per heavy atom. The number of carbonyl (C=O) groups is 2. The van der Waals surface area contributed by atoms with Gasteiger partial charge in [0, 0.05) is 40.8 Å². The van der Waals surface area contributed by atoms with Crippen molar-refractivity contribution in [1.29, 1.82) is 0 Å². The molecule has 0 atom stereocenters. The Morgan fingerprint density at radius 2 is 1.92 bits per heavy atom. The topological polar surface area (TPSA) is 76.7 Å². The van der Waals surface area contributed by atoms with E-state index in [2.05, 4.69) is 10.6 Å². The zero-order valence-electron chi connectivity index (χ0n) is 14.0. The van der Waals surface area contributed by atoms with Gasteiger partial charge in [-0.1, -0.05) is 0 Å². The molecule has 0 saturated heterocycles. The van der Waals surface area contributed by atoms with Crippen molar-refractivity contribution in [2.24, 2.45) is 0 Å². The monoisotopic (exact) mass is 370 g/mol. The number of nitrogens with one attached hydrogen (secondary N) is 2. The van der Waals surface area contributed by atoms with Crippen molar-refractivity contribution in [3.05, 3.63) is 42.0 Å². The first-order valence-corrected chi connectivity index (χ1v) is 9.45. The van der Waals surface area contributed by atoms with Crippen molar-refractivity contribution in [2.75, 3.05) is 29.6 Å². The van der Waals surface area contributed by atoms with Crippen molar-refractivity contribution < 1.29 is 19.1 Å². The molecule has 0 saturated carbocycles. The SMILES string of the molecule is O=C1CCSc2ccc(C(=O)Nc3ccc4c(c3)OCCCO4)cc2N1. The summed E-state index contributed by atoms with van der Waals surface area (Å²) in [5.74, 6) is 1.78. The van der Waals surface area contributed by atoms with Gasteiger partial charge in [-0.3, -0.25) is 9.59 Å². The van der Waals surface area contributed by atoms with Gasteiger partial charge in [-0.25, -0.2) is 0 Å². The van der Waals surface area contributed by atoms with Gasteiger partial charge in [0.15, 0.2) is 11.5 Å². The van der Waals surface area contributed by atoms with Crippen LogP contribution in [0, 0.1) is 0 Å². The first kappa shape index (κ1) is 16.8. The molecule has 2 aliphatic heterocycles. The molecule has 2 aliphatic rings. The van der Waals surface area contributed by atoms with Gasteiger partial charge in [0.1, 0.15) is 0 Å². The lowest BCUT2D eigenvalue weighted by molar-refractivity contribution is -0.115. The van der Waals surface area contributed by atoms with Crippen molar-refractivity contribution in [1.82, 2.24) is 0 Å². The molecule has 4 rings (SSSR count). The van der Waals surface area contributed by atoms with Crippen LogP contribution in [0.4, 0.5) is 11.4 Å². The predicted molar refractivity (Wildman–Crippen MR) is 100 cm³/mol. The second kappa shape index (κ2) is 7.29. The maximum atomic E-state index is 12.6. The Labute approximate surface area is 155 Å². The molecule has 6 nitrogen and oxygen atoms in total. The molecule has 0 bridgehead atoms. The second-order valence-electron chi connectivity index (χ2n) is 6.02. The number of amides is 2. The minimum atomic E-state index is -0.245. The van der Waals surface area contributed by atoms with Crippen LogP contribution in [0.1, 0.15) is 23.2 Å². The van der Waals surface area contributed by atoms with E-state index in [1.165, 1.54) is 0 Å². The molecule has 26 heavy (non-hydrogen) atoms. The highest BCUT2D eigenvalue weighted by Crippen LogP contribution is 2.33. The molecule has 134 valence electrons. The highest BCUT2D eigenvalue weighted by atomic mass is 32.2. The molecule has 7 heteroatoms. The average Bonchev–Trinajstić information content (AvgIpc) is 2.97. The lowest BCUT2D eigenvalue weighted by Crippen LogP contribution is -2.14. The molecular weight excluding hydrogens is 352 g/mol. The van der Waals surface area contributed by atoms with Gasteiger partial charge in [-0.15, -0.1) is 11.8 Å². The van der Waals surface area contributed by atoms with E-state index >= 15 is 0 Å². The number of hydrogen-bond acceptors (Lipinski definition) is 5. The Morgan fingerprint density at radius 1 is 1.08 bits per heavy atom. The minimum Gasteiger partial charge on any atom is -0.490 e. The summed E-state index contributed by atoms with van der Waals surface area (Å²) in [6.45, 7) is 1.21. The van der Waals surface area contributed by atoms with E-state index in [4.69, 9.17) is 9.47 Å². The van der Waals surface area contributed by atoms with E-state index in [1.807, 2.05) is 6.07 Å². The van der Waals surface area contributed by atoms with Crippen LogP contribution >= 0.6 is 11.8 Å². The Hall–Kier alpha value is -2.67. The average molecular weight is 370 g/mol. The van der Waals surface area contributed by atoms with Crippen molar-refractivity contribution >= 4 is 35.0 Å². The third-order valence-electron chi connectivity index (χ3n) is 4.11. The third kappa shape index (κ3) is 3.62. The van der Waals surface area contributed by atoms with Crippen LogP contribution in [0.25, 0.3) is 0 Å². The van der Waals surface area contributed by atoms with Crippen LogP contribution in [-0.2, 0) is 4.79 Å². The van der Waals surface area contributed by atoms with E-state index in [1.54, 1.807) is 42.1 Å². The summed E-state index contributed by atoms with van der Waals surface area (Å²) in [6, 6.07) is 10.7. The van der Waals surface area contributed by atoms with Crippen LogP contribution in [0.5, 0.6) is 11.5 Å². The molecule has 2 aromatic rings. The fourth-order valence-corrected chi connectivity index (χ4v) is 3.74. The molecule has 0 aromatic heterocycles. The molecule has 0 fully saturated rings. The van der Waals surface area contributed by atoms with Gasteiger partial charge >= 0.3 is 0 Å². The van der Waals surface area contributed by atoms with E-state index in [0.29, 0.717) is 48.1 Å². The Bertz CT molecular complexity index is 869. The largest absolute Gasteiger partial charge is 0.490 e. The molecule has 2 heterocycles.